The zero-order chi connectivity index (χ0) is 14.5. The molecule has 0 amide bonds. The number of rotatable bonds is 6. The van der Waals surface area contributed by atoms with Crippen LogP contribution in [0.1, 0.15) is 19.0 Å². The van der Waals surface area contributed by atoms with Crippen LogP contribution in [0.4, 0.5) is 5.00 Å². The van der Waals surface area contributed by atoms with Crippen LogP contribution >= 0.6 is 11.5 Å². The van der Waals surface area contributed by atoms with Crippen LogP contribution in [0, 0.1) is 0 Å². The predicted octanol–water partition coefficient (Wildman–Crippen LogP) is 3.49. The van der Waals surface area contributed by atoms with Crippen molar-refractivity contribution in [2.75, 3.05) is 11.9 Å². The number of fused-ring (bicyclic) bond motifs is 1. The summed E-state index contributed by atoms with van der Waals surface area (Å²) in [5, 5.41) is 9.51. The first-order valence-electron chi connectivity index (χ1n) is 6.89. The maximum absolute atomic E-state index is 5.80. The molecule has 0 unspecified atom stereocenters. The molecule has 0 spiro atoms. The van der Waals surface area contributed by atoms with E-state index in [9.17, 15) is 0 Å². The largest absolute Gasteiger partial charge is 0.487 e. The second-order valence-electron chi connectivity index (χ2n) is 4.62. The Morgan fingerprint density at radius 3 is 3.14 bits per heavy atom. The summed E-state index contributed by atoms with van der Waals surface area (Å²) >= 11 is 1.36. The Labute approximate surface area is 127 Å². The highest BCUT2D eigenvalue weighted by Crippen LogP contribution is 2.22. The molecule has 3 aromatic rings. The summed E-state index contributed by atoms with van der Waals surface area (Å²) in [5.41, 5.74) is 1.77. The molecule has 2 heterocycles. The van der Waals surface area contributed by atoms with Gasteiger partial charge in [0.05, 0.1) is 5.52 Å². The van der Waals surface area contributed by atoms with E-state index in [4.69, 9.17) is 4.74 Å². The SMILES string of the molecule is CCCNc1snnc1COc1ccc2cccnc2c1. The maximum Gasteiger partial charge on any atom is 0.136 e. The van der Waals surface area contributed by atoms with Crippen molar-refractivity contribution in [3.8, 4) is 5.75 Å². The van der Waals surface area contributed by atoms with Gasteiger partial charge in [0.15, 0.2) is 0 Å². The zero-order valence-corrected chi connectivity index (χ0v) is 12.6. The van der Waals surface area contributed by atoms with Crippen molar-refractivity contribution in [3.63, 3.8) is 0 Å². The maximum atomic E-state index is 5.80. The van der Waals surface area contributed by atoms with Crippen molar-refractivity contribution in [2.24, 2.45) is 0 Å². The standard InChI is InChI=1S/C15H16N4OS/c1-2-7-17-15-14(18-19-21-15)10-20-12-6-5-11-4-3-8-16-13(11)9-12/h3-6,8-9,17H,2,7,10H2,1H3. The fourth-order valence-electron chi connectivity index (χ4n) is 1.96. The lowest BCUT2D eigenvalue weighted by molar-refractivity contribution is 0.302. The van der Waals surface area contributed by atoms with Crippen LogP contribution < -0.4 is 10.1 Å². The first-order valence-corrected chi connectivity index (χ1v) is 7.67. The molecule has 0 radical (unpaired) electrons. The molecule has 108 valence electrons. The molecule has 6 heteroatoms. The Bertz CT molecular complexity index is 728. The highest BCUT2D eigenvalue weighted by atomic mass is 32.1. The highest BCUT2D eigenvalue weighted by Gasteiger charge is 2.08. The molecule has 0 saturated carbocycles. The van der Waals surface area contributed by atoms with Crippen molar-refractivity contribution in [1.29, 1.82) is 0 Å². The Kier molecular flexibility index (Phi) is 4.25. The van der Waals surface area contributed by atoms with Crippen LogP contribution in [-0.2, 0) is 6.61 Å². The molecule has 21 heavy (non-hydrogen) atoms. The summed E-state index contributed by atoms with van der Waals surface area (Å²) in [7, 11) is 0. The van der Waals surface area contributed by atoms with Gasteiger partial charge in [0.1, 0.15) is 23.1 Å². The van der Waals surface area contributed by atoms with Gasteiger partial charge in [0.2, 0.25) is 0 Å². The highest BCUT2D eigenvalue weighted by molar-refractivity contribution is 7.10. The minimum atomic E-state index is 0.404. The van der Waals surface area contributed by atoms with Crippen LogP contribution in [-0.4, -0.2) is 21.1 Å². The average molecular weight is 300 g/mol. The van der Waals surface area contributed by atoms with Gasteiger partial charge in [0, 0.05) is 35.7 Å². The molecule has 0 fully saturated rings. The molecule has 1 aromatic carbocycles. The molecule has 0 bridgehead atoms. The molecular formula is C15H16N4OS. The van der Waals surface area contributed by atoms with Crippen LogP contribution in [0.5, 0.6) is 5.75 Å². The monoisotopic (exact) mass is 300 g/mol. The Morgan fingerprint density at radius 2 is 2.24 bits per heavy atom. The third-order valence-corrected chi connectivity index (χ3v) is 3.77. The number of nitrogens with one attached hydrogen (secondary N) is 1. The summed E-state index contributed by atoms with van der Waals surface area (Å²) in [6.45, 7) is 3.44. The summed E-state index contributed by atoms with van der Waals surface area (Å²) in [4.78, 5) is 4.33. The third-order valence-electron chi connectivity index (χ3n) is 3.04. The van der Waals surface area contributed by atoms with E-state index in [1.807, 2.05) is 30.3 Å². The normalized spacial score (nSPS) is 10.7. The van der Waals surface area contributed by atoms with E-state index >= 15 is 0 Å². The van der Waals surface area contributed by atoms with Crippen molar-refractivity contribution in [3.05, 3.63) is 42.2 Å². The summed E-state index contributed by atoms with van der Waals surface area (Å²) in [6.07, 6.45) is 2.85. The third kappa shape index (κ3) is 3.28. The van der Waals surface area contributed by atoms with Gasteiger partial charge in [-0.05, 0) is 24.6 Å². The van der Waals surface area contributed by atoms with Crippen molar-refractivity contribution in [1.82, 2.24) is 14.6 Å². The lowest BCUT2D eigenvalue weighted by Gasteiger charge is -2.07. The molecule has 0 atom stereocenters. The number of benzene rings is 1. The minimum absolute atomic E-state index is 0.404. The summed E-state index contributed by atoms with van der Waals surface area (Å²) in [6, 6.07) is 9.85. The molecule has 0 aliphatic heterocycles. The Morgan fingerprint density at radius 1 is 1.29 bits per heavy atom. The molecule has 5 nitrogen and oxygen atoms in total. The van der Waals surface area contributed by atoms with Gasteiger partial charge in [-0.3, -0.25) is 4.98 Å². The van der Waals surface area contributed by atoms with Gasteiger partial charge in [0.25, 0.3) is 0 Å². The number of pyridine rings is 1. The molecule has 0 aliphatic rings. The first kappa shape index (κ1) is 13.8. The Hall–Kier alpha value is -2.21. The number of aromatic nitrogens is 3. The molecule has 2 aromatic heterocycles. The fourth-order valence-corrected chi connectivity index (χ4v) is 2.56. The lowest BCUT2D eigenvalue weighted by Crippen LogP contribution is -2.03. The second kappa shape index (κ2) is 6.49. The average Bonchev–Trinajstić information content (AvgIpc) is 2.98. The van der Waals surface area contributed by atoms with E-state index < -0.39 is 0 Å². The molecule has 3 rings (SSSR count). The van der Waals surface area contributed by atoms with E-state index in [0.29, 0.717) is 6.61 Å². The smallest absolute Gasteiger partial charge is 0.136 e. The second-order valence-corrected chi connectivity index (χ2v) is 5.38. The van der Waals surface area contributed by atoms with Gasteiger partial charge in [-0.1, -0.05) is 17.5 Å². The lowest BCUT2D eigenvalue weighted by atomic mass is 10.2. The van der Waals surface area contributed by atoms with Crippen LogP contribution in [0.15, 0.2) is 36.5 Å². The quantitative estimate of drug-likeness (QED) is 0.755. The number of hydrogen-bond acceptors (Lipinski definition) is 6. The van der Waals surface area contributed by atoms with E-state index in [2.05, 4.69) is 26.8 Å². The molecule has 1 N–H and O–H groups in total. The fraction of sp³-hybridized carbons (Fsp3) is 0.267. The zero-order valence-electron chi connectivity index (χ0n) is 11.7. The Balaban J connectivity index is 1.70. The van der Waals surface area contributed by atoms with Gasteiger partial charge < -0.3 is 10.1 Å². The molecule has 0 saturated heterocycles. The molecular weight excluding hydrogens is 284 g/mol. The van der Waals surface area contributed by atoms with E-state index in [-0.39, 0.29) is 0 Å². The van der Waals surface area contributed by atoms with Crippen molar-refractivity contribution in [2.45, 2.75) is 20.0 Å². The molecule has 0 aliphatic carbocycles. The van der Waals surface area contributed by atoms with E-state index in [0.717, 1.165) is 40.3 Å². The van der Waals surface area contributed by atoms with Crippen LogP contribution in [0.25, 0.3) is 10.9 Å². The van der Waals surface area contributed by atoms with Gasteiger partial charge in [-0.2, -0.15) is 0 Å². The topological polar surface area (TPSA) is 59.9 Å². The van der Waals surface area contributed by atoms with Crippen LogP contribution in [0.2, 0.25) is 0 Å². The van der Waals surface area contributed by atoms with E-state index in [1.54, 1.807) is 6.20 Å². The number of nitrogens with zero attached hydrogens (tertiary/aromatic N) is 3. The van der Waals surface area contributed by atoms with Crippen molar-refractivity contribution >= 4 is 27.4 Å². The van der Waals surface area contributed by atoms with E-state index in [1.165, 1.54) is 11.5 Å². The van der Waals surface area contributed by atoms with Gasteiger partial charge >= 0.3 is 0 Å². The number of ether oxygens (including phenoxy) is 1. The summed E-state index contributed by atoms with van der Waals surface area (Å²) < 4.78 is 9.78. The van der Waals surface area contributed by atoms with Gasteiger partial charge in [-0.15, -0.1) is 5.10 Å². The van der Waals surface area contributed by atoms with Gasteiger partial charge in [-0.25, -0.2) is 0 Å². The first-order chi connectivity index (χ1) is 10.4. The summed E-state index contributed by atoms with van der Waals surface area (Å²) in [5.74, 6) is 0.788. The van der Waals surface area contributed by atoms with Crippen molar-refractivity contribution < 1.29 is 4.74 Å². The number of hydrogen-bond donors (Lipinski definition) is 1. The predicted molar refractivity (Wildman–Crippen MR) is 84.8 cm³/mol. The minimum Gasteiger partial charge on any atom is -0.487 e. The number of anilines is 1. The van der Waals surface area contributed by atoms with Crippen LogP contribution in [0.3, 0.4) is 0 Å².